The van der Waals surface area contributed by atoms with Crippen molar-refractivity contribution in [3.63, 3.8) is 0 Å². The summed E-state index contributed by atoms with van der Waals surface area (Å²) in [6, 6.07) is 0. The number of hydrogen-bond donors (Lipinski definition) is 1. The summed E-state index contributed by atoms with van der Waals surface area (Å²) in [4.78, 5) is 24.6. The van der Waals surface area contributed by atoms with E-state index >= 15 is 0 Å². The number of aliphatic hydroxyl groups is 1. The summed E-state index contributed by atoms with van der Waals surface area (Å²) in [5.74, 6) is 0.239. The van der Waals surface area contributed by atoms with E-state index in [0.29, 0.717) is 19.1 Å². The summed E-state index contributed by atoms with van der Waals surface area (Å²) in [5.41, 5.74) is 0.742. The second-order valence-corrected chi connectivity index (χ2v) is 13.5. The van der Waals surface area contributed by atoms with Crippen molar-refractivity contribution in [2.75, 3.05) is 13.2 Å². The predicted molar refractivity (Wildman–Crippen MR) is 131 cm³/mol. The van der Waals surface area contributed by atoms with Crippen LogP contribution in [0.3, 0.4) is 0 Å². The lowest BCUT2D eigenvalue weighted by atomic mass is 9.34. The standard InChI is InChI=1S/C29H44O6/c1-17(30)34-16-29-13-10-20-26(3,4)11-7-12-27(20,5)22(29)14-23(35-18(2)31)28(6)21(29)9-8-19-15-33-25(32)24(19)28/h8,20-25,32H,7,9-16H2,1-6H3. The van der Waals surface area contributed by atoms with Gasteiger partial charge in [-0.15, -0.1) is 0 Å². The number of hydrogen-bond acceptors (Lipinski definition) is 6. The molecule has 0 radical (unpaired) electrons. The van der Waals surface area contributed by atoms with Gasteiger partial charge in [0.25, 0.3) is 0 Å². The molecule has 0 aromatic heterocycles. The lowest BCUT2D eigenvalue weighted by Gasteiger charge is -2.71. The van der Waals surface area contributed by atoms with Gasteiger partial charge in [-0.25, -0.2) is 0 Å². The highest BCUT2D eigenvalue weighted by atomic mass is 16.6. The third kappa shape index (κ3) is 3.56. The molecular weight excluding hydrogens is 444 g/mol. The van der Waals surface area contributed by atoms with E-state index in [4.69, 9.17) is 14.2 Å². The van der Waals surface area contributed by atoms with Gasteiger partial charge < -0.3 is 19.3 Å². The number of aliphatic hydroxyl groups excluding tert-OH is 1. The number of allylic oxidation sites excluding steroid dienone is 1. The van der Waals surface area contributed by atoms with Crippen molar-refractivity contribution in [1.82, 2.24) is 0 Å². The Hall–Kier alpha value is -1.40. The first-order chi connectivity index (χ1) is 16.4. The molecule has 1 aliphatic heterocycles. The molecule has 1 saturated heterocycles. The van der Waals surface area contributed by atoms with Crippen molar-refractivity contribution in [3.8, 4) is 0 Å². The van der Waals surface area contributed by atoms with Gasteiger partial charge in [0.05, 0.1) is 13.2 Å². The number of rotatable bonds is 3. The first-order valence-corrected chi connectivity index (χ1v) is 13.7. The third-order valence-electron chi connectivity index (χ3n) is 11.5. The van der Waals surface area contributed by atoms with E-state index in [1.165, 1.54) is 26.7 Å². The van der Waals surface area contributed by atoms with Gasteiger partial charge in [-0.3, -0.25) is 9.59 Å². The first-order valence-electron chi connectivity index (χ1n) is 13.7. The van der Waals surface area contributed by atoms with Gasteiger partial charge in [0.1, 0.15) is 6.10 Å². The highest BCUT2D eigenvalue weighted by molar-refractivity contribution is 5.66. The fourth-order valence-electron chi connectivity index (χ4n) is 10.3. The SMILES string of the molecule is CC(=O)OCC12CCC3C(C)(C)CCCC3(C)C1CC(OC(C)=O)C1(C)C3C(=CCC21)COC3O. The Morgan fingerprint density at radius 1 is 1.06 bits per heavy atom. The molecule has 3 saturated carbocycles. The van der Waals surface area contributed by atoms with Crippen LogP contribution in [0.15, 0.2) is 11.6 Å². The van der Waals surface area contributed by atoms with Crippen LogP contribution >= 0.6 is 0 Å². The molecule has 196 valence electrons. The maximum Gasteiger partial charge on any atom is 0.302 e. The van der Waals surface area contributed by atoms with Crippen molar-refractivity contribution in [3.05, 3.63) is 11.6 Å². The first kappa shape index (κ1) is 25.3. The molecule has 9 atom stereocenters. The minimum atomic E-state index is -0.907. The molecule has 6 nitrogen and oxygen atoms in total. The van der Waals surface area contributed by atoms with E-state index in [9.17, 15) is 14.7 Å². The normalized spacial score (nSPS) is 47.9. The average Bonchev–Trinajstić information content (AvgIpc) is 3.14. The fourth-order valence-corrected chi connectivity index (χ4v) is 10.3. The molecular formula is C29H44O6. The highest BCUT2D eigenvalue weighted by Crippen LogP contribution is 2.74. The smallest absolute Gasteiger partial charge is 0.302 e. The van der Waals surface area contributed by atoms with Gasteiger partial charge in [0.2, 0.25) is 0 Å². The predicted octanol–water partition coefficient (Wildman–Crippen LogP) is 5.03. The molecule has 0 spiro atoms. The highest BCUT2D eigenvalue weighted by Gasteiger charge is 2.71. The van der Waals surface area contributed by atoms with Crippen LogP contribution in [0.2, 0.25) is 0 Å². The van der Waals surface area contributed by atoms with Crippen LogP contribution in [0.1, 0.15) is 86.5 Å². The van der Waals surface area contributed by atoms with E-state index < -0.39 is 11.7 Å². The Morgan fingerprint density at radius 2 is 1.80 bits per heavy atom. The maximum atomic E-state index is 12.4. The second-order valence-electron chi connectivity index (χ2n) is 13.5. The van der Waals surface area contributed by atoms with Gasteiger partial charge in [-0.1, -0.05) is 40.2 Å². The molecule has 0 amide bonds. The molecule has 4 aliphatic carbocycles. The molecule has 9 unspecified atom stereocenters. The minimum Gasteiger partial charge on any atom is -0.465 e. The summed E-state index contributed by atoms with van der Waals surface area (Å²) in [6.45, 7) is 13.3. The maximum absolute atomic E-state index is 12.4. The van der Waals surface area contributed by atoms with Crippen LogP contribution < -0.4 is 0 Å². The molecule has 1 N–H and O–H groups in total. The van der Waals surface area contributed by atoms with Gasteiger partial charge in [-0.05, 0) is 72.7 Å². The Kier molecular flexibility index (Phi) is 5.99. The lowest BCUT2D eigenvalue weighted by Crippen LogP contribution is -2.69. The van der Waals surface area contributed by atoms with Gasteiger partial charge in [0.15, 0.2) is 6.29 Å². The average molecular weight is 489 g/mol. The molecule has 4 fully saturated rings. The molecule has 1 heterocycles. The number of ether oxygens (including phenoxy) is 3. The number of carbonyl (C=O) groups excluding carboxylic acids is 2. The van der Waals surface area contributed by atoms with Crippen molar-refractivity contribution in [2.24, 2.45) is 45.3 Å². The lowest BCUT2D eigenvalue weighted by molar-refractivity contribution is -0.266. The monoisotopic (exact) mass is 488 g/mol. The van der Waals surface area contributed by atoms with Crippen molar-refractivity contribution < 1.29 is 28.9 Å². The molecule has 5 aliphatic rings. The third-order valence-corrected chi connectivity index (χ3v) is 11.5. The topological polar surface area (TPSA) is 82.1 Å². The number of fused-ring (bicyclic) bond motifs is 7. The zero-order chi connectivity index (χ0) is 25.4. The van der Waals surface area contributed by atoms with E-state index in [-0.39, 0.29) is 52.0 Å². The van der Waals surface area contributed by atoms with Crippen LogP contribution in [-0.2, 0) is 23.8 Å². The molecule has 6 heteroatoms. The molecule has 0 bridgehead atoms. The second kappa shape index (κ2) is 8.31. The van der Waals surface area contributed by atoms with Crippen molar-refractivity contribution >= 4 is 11.9 Å². The molecule has 5 rings (SSSR count). The summed E-state index contributed by atoms with van der Waals surface area (Å²) >= 11 is 0. The van der Waals surface area contributed by atoms with Crippen LogP contribution in [0.4, 0.5) is 0 Å². The largest absolute Gasteiger partial charge is 0.465 e. The van der Waals surface area contributed by atoms with Gasteiger partial charge >= 0.3 is 11.9 Å². The zero-order valence-electron chi connectivity index (χ0n) is 22.4. The summed E-state index contributed by atoms with van der Waals surface area (Å²) < 4.78 is 17.8. The van der Waals surface area contributed by atoms with Crippen LogP contribution in [0.25, 0.3) is 0 Å². The Labute approximate surface area is 210 Å². The number of carbonyl (C=O) groups is 2. The Balaban J connectivity index is 1.67. The Morgan fingerprint density at radius 3 is 2.49 bits per heavy atom. The van der Waals surface area contributed by atoms with Gasteiger partial charge in [0, 0.05) is 30.6 Å². The van der Waals surface area contributed by atoms with E-state index in [0.717, 1.165) is 37.7 Å². The molecule has 0 aromatic rings. The van der Waals surface area contributed by atoms with Crippen LogP contribution in [0.5, 0.6) is 0 Å². The minimum absolute atomic E-state index is 0.0780. The quantitative estimate of drug-likeness (QED) is 0.443. The number of esters is 2. The summed E-state index contributed by atoms with van der Waals surface area (Å²) in [7, 11) is 0. The summed E-state index contributed by atoms with van der Waals surface area (Å²) in [5, 5.41) is 11.0. The van der Waals surface area contributed by atoms with Crippen LogP contribution in [0, 0.1) is 45.3 Å². The van der Waals surface area contributed by atoms with E-state index in [1.54, 1.807) is 0 Å². The van der Waals surface area contributed by atoms with Crippen molar-refractivity contribution in [2.45, 2.75) is 98.9 Å². The molecule has 0 aromatic carbocycles. The van der Waals surface area contributed by atoms with E-state index in [1.807, 2.05) is 0 Å². The van der Waals surface area contributed by atoms with E-state index in [2.05, 4.69) is 33.8 Å². The fraction of sp³-hybridized carbons (Fsp3) is 0.862. The zero-order valence-corrected chi connectivity index (χ0v) is 22.4. The molecule has 35 heavy (non-hydrogen) atoms. The Bertz CT molecular complexity index is 924. The van der Waals surface area contributed by atoms with Crippen molar-refractivity contribution in [1.29, 1.82) is 0 Å². The van der Waals surface area contributed by atoms with Gasteiger partial charge in [-0.2, -0.15) is 0 Å². The van der Waals surface area contributed by atoms with Crippen LogP contribution in [-0.4, -0.2) is 42.7 Å². The summed E-state index contributed by atoms with van der Waals surface area (Å²) in [6.07, 6.45) is 8.31.